The number of hydrogen-bond donors (Lipinski definition) is 2. The summed E-state index contributed by atoms with van der Waals surface area (Å²) in [7, 11) is 1.77. The molecule has 62 valence electrons. The van der Waals surface area contributed by atoms with Gasteiger partial charge in [-0.2, -0.15) is 10.2 Å². The van der Waals surface area contributed by atoms with Gasteiger partial charge in [0.25, 0.3) is 0 Å². The number of H-pyrrole nitrogens is 1. The van der Waals surface area contributed by atoms with Gasteiger partial charge in [0, 0.05) is 18.8 Å². The van der Waals surface area contributed by atoms with Crippen LogP contribution in [0.25, 0.3) is 11.3 Å². The number of nitrogens with zero attached hydrogens (tertiary/aromatic N) is 3. The Morgan fingerprint density at radius 3 is 2.83 bits per heavy atom. The van der Waals surface area contributed by atoms with Crippen LogP contribution >= 0.6 is 0 Å². The molecule has 0 bridgehead atoms. The Kier molecular flexibility index (Phi) is 1.36. The third kappa shape index (κ3) is 0.868. The normalized spacial score (nSPS) is 10.4. The van der Waals surface area contributed by atoms with E-state index in [9.17, 15) is 5.11 Å². The van der Waals surface area contributed by atoms with Crippen molar-refractivity contribution in [2.45, 2.75) is 0 Å². The van der Waals surface area contributed by atoms with E-state index in [0.717, 1.165) is 5.56 Å². The third-order valence-corrected chi connectivity index (χ3v) is 1.69. The first kappa shape index (κ1) is 6.90. The van der Waals surface area contributed by atoms with Crippen LogP contribution in [0.2, 0.25) is 0 Å². The molecule has 12 heavy (non-hydrogen) atoms. The number of aromatic amines is 1. The van der Waals surface area contributed by atoms with E-state index in [4.69, 9.17) is 0 Å². The summed E-state index contributed by atoms with van der Waals surface area (Å²) in [6.07, 6.45) is 4.75. The lowest BCUT2D eigenvalue weighted by molar-refractivity contribution is 0.477. The summed E-state index contributed by atoms with van der Waals surface area (Å²) in [4.78, 5) is 0. The van der Waals surface area contributed by atoms with E-state index in [1.165, 1.54) is 6.20 Å². The zero-order valence-electron chi connectivity index (χ0n) is 6.52. The first-order valence-electron chi connectivity index (χ1n) is 3.49. The lowest BCUT2D eigenvalue weighted by Gasteiger charge is -1.96. The molecule has 0 unspecified atom stereocenters. The van der Waals surface area contributed by atoms with Gasteiger partial charge in [-0.3, -0.25) is 9.78 Å². The highest BCUT2D eigenvalue weighted by Gasteiger charge is 2.09. The van der Waals surface area contributed by atoms with E-state index in [1.807, 2.05) is 0 Å². The van der Waals surface area contributed by atoms with Crippen LogP contribution in [0.1, 0.15) is 0 Å². The second kappa shape index (κ2) is 2.37. The van der Waals surface area contributed by atoms with Crippen LogP contribution in [0, 0.1) is 0 Å². The highest BCUT2D eigenvalue weighted by molar-refractivity contribution is 5.64. The molecule has 5 heteroatoms. The first-order valence-corrected chi connectivity index (χ1v) is 3.49. The van der Waals surface area contributed by atoms with Gasteiger partial charge in [0.15, 0.2) is 5.75 Å². The Morgan fingerprint density at radius 1 is 1.50 bits per heavy atom. The monoisotopic (exact) mass is 164 g/mol. The van der Waals surface area contributed by atoms with Gasteiger partial charge >= 0.3 is 0 Å². The maximum Gasteiger partial charge on any atom is 0.161 e. The largest absolute Gasteiger partial charge is 0.504 e. The summed E-state index contributed by atoms with van der Waals surface area (Å²) in [6, 6.07) is 0. The van der Waals surface area contributed by atoms with Crippen LogP contribution in [-0.4, -0.2) is 25.1 Å². The van der Waals surface area contributed by atoms with Crippen LogP contribution in [0.4, 0.5) is 0 Å². The summed E-state index contributed by atoms with van der Waals surface area (Å²) in [5.74, 6) is 0.166. The van der Waals surface area contributed by atoms with Gasteiger partial charge in [-0.05, 0) is 0 Å². The van der Waals surface area contributed by atoms with E-state index in [-0.39, 0.29) is 5.75 Å². The Bertz CT molecular complexity index is 357. The molecule has 2 heterocycles. The zero-order chi connectivity index (χ0) is 8.55. The molecule has 0 aliphatic rings. The standard InChI is InChI=1S/C7H8N4O/c1-11-7(6(12)4-10-11)5-2-8-9-3-5/h2-4,12H,1H3,(H,8,9). The molecule has 2 aromatic heterocycles. The van der Waals surface area contributed by atoms with E-state index in [1.54, 1.807) is 24.1 Å². The predicted octanol–water partition coefficient (Wildman–Crippen LogP) is 0.516. The van der Waals surface area contributed by atoms with Gasteiger partial charge < -0.3 is 5.11 Å². The fourth-order valence-corrected chi connectivity index (χ4v) is 1.14. The number of aromatic nitrogens is 4. The molecule has 0 radical (unpaired) electrons. The molecule has 2 N–H and O–H groups in total. The Hall–Kier alpha value is -1.78. The van der Waals surface area contributed by atoms with Crippen molar-refractivity contribution >= 4 is 0 Å². The minimum atomic E-state index is 0.166. The number of aryl methyl sites for hydroxylation is 1. The summed E-state index contributed by atoms with van der Waals surface area (Å²) in [6.45, 7) is 0. The molecule has 0 aromatic carbocycles. The van der Waals surface area contributed by atoms with E-state index >= 15 is 0 Å². The summed E-state index contributed by atoms with van der Waals surface area (Å²) in [5.41, 5.74) is 1.50. The number of nitrogens with one attached hydrogen (secondary N) is 1. The second-order valence-corrected chi connectivity index (χ2v) is 2.49. The highest BCUT2D eigenvalue weighted by Crippen LogP contribution is 2.26. The SMILES string of the molecule is Cn1ncc(O)c1-c1cn[nH]c1. The maximum atomic E-state index is 9.38. The Morgan fingerprint density at radius 2 is 2.33 bits per heavy atom. The van der Waals surface area contributed by atoms with E-state index in [0.29, 0.717) is 5.69 Å². The zero-order valence-corrected chi connectivity index (χ0v) is 6.52. The molecule has 2 rings (SSSR count). The Balaban J connectivity index is 2.60. The third-order valence-electron chi connectivity index (χ3n) is 1.69. The average molecular weight is 164 g/mol. The van der Waals surface area contributed by atoms with Crippen LogP contribution in [0.15, 0.2) is 18.6 Å². The summed E-state index contributed by atoms with van der Waals surface area (Å²) >= 11 is 0. The molecule has 0 amide bonds. The highest BCUT2D eigenvalue weighted by atomic mass is 16.3. The van der Waals surface area contributed by atoms with Crippen molar-refractivity contribution < 1.29 is 5.11 Å². The minimum Gasteiger partial charge on any atom is -0.504 e. The van der Waals surface area contributed by atoms with Crippen molar-refractivity contribution in [3.05, 3.63) is 18.6 Å². The average Bonchev–Trinajstić information content (AvgIpc) is 2.61. The number of hydrogen-bond acceptors (Lipinski definition) is 3. The molecule has 5 nitrogen and oxygen atoms in total. The molecule has 0 atom stereocenters. The van der Waals surface area contributed by atoms with Crippen molar-refractivity contribution in [1.29, 1.82) is 0 Å². The summed E-state index contributed by atoms with van der Waals surface area (Å²) in [5, 5.41) is 19.7. The van der Waals surface area contributed by atoms with Crippen molar-refractivity contribution in [3.63, 3.8) is 0 Å². The van der Waals surface area contributed by atoms with Gasteiger partial charge in [-0.15, -0.1) is 0 Å². The topological polar surface area (TPSA) is 66.7 Å². The molecule has 2 aromatic rings. The summed E-state index contributed by atoms with van der Waals surface area (Å²) < 4.78 is 1.60. The fourth-order valence-electron chi connectivity index (χ4n) is 1.14. The molecule has 0 spiro atoms. The van der Waals surface area contributed by atoms with Gasteiger partial charge in [0.05, 0.1) is 12.4 Å². The lowest BCUT2D eigenvalue weighted by Crippen LogP contribution is -1.91. The molecular weight excluding hydrogens is 156 g/mol. The first-order chi connectivity index (χ1) is 5.79. The van der Waals surface area contributed by atoms with Crippen LogP contribution < -0.4 is 0 Å². The van der Waals surface area contributed by atoms with Gasteiger partial charge in [-0.1, -0.05) is 0 Å². The minimum absolute atomic E-state index is 0.166. The van der Waals surface area contributed by atoms with Crippen molar-refractivity contribution in [3.8, 4) is 17.0 Å². The smallest absolute Gasteiger partial charge is 0.161 e. The second-order valence-electron chi connectivity index (χ2n) is 2.49. The predicted molar refractivity (Wildman–Crippen MR) is 42.5 cm³/mol. The van der Waals surface area contributed by atoms with Crippen LogP contribution in [-0.2, 0) is 7.05 Å². The Labute approximate surface area is 68.7 Å². The van der Waals surface area contributed by atoms with Crippen molar-refractivity contribution in [1.82, 2.24) is 20.0 Å². The van der Waals surface area contributed by atoms with E-state index in [2.05, 4.69) is 15.3 Å². The molecule has 0 fully saturated rings. The number of rotatable bonds is 1. The maximum absolute atomic E-state index is 9.38. The van der Waals surface area contributed by atoms with Gasteiger partial charge in [-0.25, -0.2) is 0 Å². The van der Waals surface area contributed by atoms with Crippen molar-refractivity contribution in [2.24, 2.45) is 7.05 Å². The quantitative estimate of drug-likeness (QED) is 0.645. The number of aromatic hydroxyl groups is 1. The molecule has 0 saturated heterocycles. The van der Waals surface area contributed by atoms with Crippen LogP contribution in [0.3, 0.4) is 0 Å². The fraction of sp³-hybridized carbons (Fsp3) is 0.143. The van der Waals surface area contributed by atoms with E-state index < -0.39 is 0 Å². The van der Waals surface area contributed by atoms with Gasteiger partial charge in [0.1, 0.15) is 5.69 Å². The van der Waals surface area contributed by atoms with Crippen molar-refractivity contribution in [2.75, 3.05) is 0 Å². The molecule has 0 aliphatic carbocycles. The molecule has 0 saturated carbocycles. The molecule has 0 aliphatic heterocycles. The lowest BCUT2D eigenvalue weighted by atomic mass is 10.2. The molecular formula is C7H8N4O. The van der Waals surface area contributed by atoms with Crippen LogP contribution in [0.5, 0.6) is 5.75 Å². The van der Waals surface area contributed by atoms with Gasteiger partial charge in [0.2, 0.25) is 0 Å².